The van der Waals surface area contributed by atoms with Gasteiger partial charge in [0.15, 0.2) is 0 Å². The minimum absolute atomic E-state index is 0. The van der Waals surface area contributed by atoms with Crippen molar-refractivity contribution in [3.05, 3.63) is 35.6 Å². The third-order valence-corrected chi connectivity index (χ3v) is 1.08. The number of aryl methyl sites for hydroxylation is 1. The number of rotatable bonds is 0. The molecule has 1 aromatic rings. The Hall–Kier alpha value is -0.890. The van der Waals surface area contributed by atoms with E-state index in [0.29, 0.717) is 5.56 Å². The lowest BCUT2D eigenvalue weighted by molar-refractivity contribution is 0.618. The maximum absolute atomic E-state index is 12.3. The summed E-state index contributed by atoms with van der Waals surface area (Å²) in [5.74, 6) is -0.132. The predicted molar refractivity (Wildman–Crippen MR) is 34.8 cm³/mol. The summed E-state index contributed by atoms with van der Waals surface area (Å²) in [4.78, 5) is 0. The standard InChI is InChI=1S/C7H7F.H2O/c1-6-4-2-3-5-7(6)8;/h2-5H,1H3;1H2. The van der Waals surface area contributed by atoms with Crippen LogP contribution in [0.5, 0.6) is 0 Å². The van der Waals surface area contributed by atoms with Gasteiger partial charge in [-0.1, -0.05) is 18.2 Å². The lowest BCUT2D eigenvalue weighted by Crippen LogP contribution is -1.76. The molecule has 0 heterocycles. The highest BCUT2D eigenvalue weighted by molar-refractivity contribution is 5.14. The van der Waals surface area contributed by atoms with E-state index in [4.69, 9.17) is 0 Å². The van der Waals surface area contributed by atoms with Gasteiger partial charge in [0, 0.05) is 0 Å². The summed E-state index contributed by atoms with van der Waals surface area (Å²) in [7, 11) is 0. The van der Waals surface area contributed by atoms with Gasteiger partial charge in [-0.3, -0.25) is 0 Å². The van der Waals surface area contributed by atoms with Crippen molar-refractivity contribution in [2.75, 3.05) is 0 Å². The Morgan fingerprint density at radius 3 is 2.11 bits per heavy atom. The zero-order valence-corrected chi connectivity index (χ0v) is 5.19. The van der Waals surface area contributed by atoms with Crippen molar-refractivity contribution in [3.63, 3.8) is 0 Å². The summed E-state index contributed by atoms with van der Waals surface area (Å²) in [5.41, 5.74) is 0.701. The molecule has 50 valence electrons. The normalized spacial score (nSPS) is 8.22. The van der Waals surface area contributed by atoms with Crippen LogP contribution in [0.25, 0.3) is 0 Å². The van der Waals surface area contributed by atoms with Crippen LogP contribution >= 0.6 is 0 Å². The van der Waals surface area contributed by atoms with E-state index in [1.54, 1.807) is 19.1 Å². The largest absolute Gasteiger partial charge is 0.412 e. The summed E-state index contributed by atoms with van der Waals surface area (Å²) >= 11 is 0. The average molecular weight is 128 g/mol. The molecule has 0 spiro atoms. The van der Waals surface area contributed by atoms with Gasteiger partial charge >= 0.3 is 0 Å². The molecule has 9 heavy (non-hydrogen) atoms. The van der Waals surface area contributed by atoms with Gasteiger partial charge in [0.1, 0.15) is 5.82 Å². The van der Waals surface area contributed by atoms with Gasteiger partial charge in [0.05, 0.1) is 0 Å². The molecule has 1 nitrogen and oxygen atoms in total. The Morgan fingerprint density at radius 1 is 1.22 bits per heavy atom. The van der Waals surface area contributed by atoms with Crippen LogP contribution in [0.2, 0.25) is 0 Å². The van der Waals surface area contributed by atoms with E-state index in [9.17, 15) is 4.39 Å². The van der Waals surface area contributed by atoms with E-state index >= 15 is 0 Å². The van der Waals surface area contributed by atoms with E-state index in [0.717, 1.165) is 0 Å². The van der Waals surface area contributed by atoms with Crippen LogP contribution in [0.1, 0.15) is 5.56 Å². The molecular formula is C7H9FO. The molecule has 0 fully saturated rings. The van der Waals surface area contributed by atoms with E-state index in [1.165, 1.54) is 6.07 Å². The molecular weight excluding hydrogens is 119 g/mol. The van der Waals surface area contributed by atoms with Crippen LogP contribution in [0.3, 0.4) is 0 Å². The molecule has 0 aliphatic heterocycles. The minimum atomic E-state index is -0.132. The Balaban J connectivity index is 0.000000640. The molecule has 0 amide bonds. The molecule has 1 rings (SSSR count). The Kier molecular flexibility index (Phi) is 2.88. The fourth-order valence-corrected chi connectivity index (χ4v) is 0.551. The van der Waals surface area contributed by atoms with Gasteiger partial charge in [-0.05, 0) is 18.6 Å². The number of hydrogen-bond donors (Lipinski definition) is 0. The molecule has 2 heteroatoms. The van der Waals surface area contributed by atoms with Gasteiger partial charge in [0.2, 0.25) is 0 Å². The lowest BCUT2D eigenvalue weighted by atomic mass is 10.2. The molecule has 0 saturated heterocycles. The molecule has 0 bridgehead atoms. The Labute approximate surface area is 53.4 Å². The molecule has 0 atom stereocenters. The van der Waals surface area contributed by atoms with Crippen molar-refractivity contribution in [1.82, 2.24) is 0 Å². The van der Waals surface area contributed by atoms with E-state index in [2.05, 4.69) is 0 Å². The van der Waals surface area contributed by atoms with Crippen molar-refractivity contribution in [3.8, 4) is 0 Å². The van der Waals surface area contributed by atoms with Gasteiger partial charge in [-0.15, -0.1) is 0 Å². The van der Waals surface area contributed by atoms with Crippen molar-refractivity contribution in [2.24, 2.45) is 0 Å². The molecule has 0 unspecified atom stereocenters. The number of hydrogen-bond acceptors (Lipinski definition) is 0. The molecule has 0 aliphatic carbocycles. The van der Waals surface area contributed by atoms with Crippen molar-refractivity contribution >= 4 is 0 Å². The monoisotopic (exact) mass is 128 g/mol. The first-order valence-corrected chi connectivity index (χ1v) is 2.52. The third kappa shape index (κ3) is 1.82. The predicted octanol–water partition coefficient (Wildman–Crippen LogP) is 1.31. The highest BCUT2D eigenvalue weighted by atomic mass is 19.1. The topological polar surface area (TPSA) is 31.5 Å². The summed E-state index contributed by atoms with van der Waals surface area (Å²) in [6, 6.07) is 6.70. The smallest absolute Gasteiger partial charge is 0.126 e. The fourth-order valence-electron chi connectivity index (χ4n) is 0.551. The zero-order valence-electron chi connectivity index (χ0n) is 5.19. The van der Waals surface area contributed by atoms with Crippen LogP contribution in [0.4, 0.5) is 4.39 Å². The highest BCUT2D eigenvalue weighted by Crippen LogP contribution is 2.01. The number of benzene rings is 1. The molecule has 0 saturated carbocycles. The molecule has 0 aliphatic rings. The van der Waals surface area contributed by atoms with Crippen LogP contribution < -0.4 is 0 Å². The number of halogens is 1. The summed E-state index contributed by atoms with van der Waals surface area (Å²) < 4.78 is 12.3. The zero-order chi connectivity index (χ0) is 5.98. The molecule has 0 radical (unpaired) electrons. The second kappa shape index (κ2) is 3.20. The van der Waals surface area contributed by atoms with Gasteiger partial charge in [0.25, 0.3) is 0 Å². The average Bonchev–Trinajstić information content (AvgIpc) is 1.77. The fraction of sp³-hybridized carbons (Fsp3) is 0.143. The van der Waals surface area contributed by atoms with Crippen LogP contribution in [0, 0.1) is 12.7 Å². The Bertz CT molecular complexity index is 165. The van der Waals surface area contributed by atoms with E-state index in [1.807, 2.05) is 6.07 Å². The van der Waals surface area contributed by atoms with Crippen molar-refractivity contribution in [2.45, 2.75) is 6.92 Å². The molecule has 1 aromatic carbocycles. The summed E-state index contributed by atoms with van der Waals surface area (Å²) in [6.07, 6.45) is 0. The minimum Gasteiger partial charge on any atom is -0.412 e. The van der Waals surface area contributed by atoms with Crippen molar-refractivity contribution < 1.29 is 9.87 Å². The first-order valence-electron chi connectivity index (χ1n) is 2.52. The summed E-state index contributed by atoms with van der Waals surface area (Å²) in [5, 5.41) is 0. The van der Waals surface area contributed by atoms with E-state index in [-0.39, 0.29) is 11.3 Å². The maximum Gasteiger partial charge on any atom is 0.126 e. The van der Waals surface area contributed by atoms with Crippen LogP contribution in [-0.2, 0) is 0 Å². The molecule has 2 N–H and O–H groups in total. The van der Waals surface area contributed by atoms with Crippen molar-refractivity contribution in [1.29, 1.82) is 0 Å². The lowest BCUT2D eigenvalue weighted by Gasteiger charge is -1.89. The van der Waals surface area contributed by atoms with Gasteiger partial charge < -0.3 is 5.48 Å². The van der Waals surface area contributed by atoms with Gasteiger partial charge in [-0.25, -0.2) is 4.39 Å². The first-order chi connectivity index (χ1) is 3.80. The second-order valence-electron chi connectivity index (χ2n) is 1.75. The second-order valence-corrected chi connectivity index (χ2v) is 1.75. The summed E-state index contributed by atoms with van der Waals surface area (Å²) in [6.45, 7) is 1.75. The first kappa shape index (κ1) is 8.11. The van der Waals surface area contributed by atoms with Gasteiger partial charge in [-0.2, -0.15) is 0 Å². The Morgan fingerprint density at radius 2 is 1.78 bits per heavy atom. The third-order valence-electron chi connectivity index (χ3n) is 1.08. The quantitative estimate of drug-likeness (QED) is 0.504. The van der Waals surface area contributed by atoms with Crippen LogP contribution in [-0.4, -0.2) is 5.48 Å². The van der Waals surface area contributed by atoms with Crippen LogP contribution in [0.15, 0.2) is 24.3 Å². The SMILES string of the molecule is Cc1ccccc1F.O. The molecule has 0 aromatic heterocycles. The van der Waals surface area contributed by atoms with E-state index < -0.39 is 0 Å². The maximum atomic E-state index is 12.3. The highest BCUT2D eigenvalue weighted by Gasteiger charge is 1.88.